The lowest BCUT2D eigenvalue weighted by Crippen LogP contribution is -2.27. The van der Waals surface area contributed by atoms with Gasteiger partial charge in [0.25, 0.3) is 0 Å². The monoisotopic (exact) mass is 343 g/mol. The number of halogens is 2. The molecule has 4 nitrogen and oxygen atoms in total. The third kappa shape index (κ3) is 2.56. The highest BCUT2D eigenvalue weighted by atomic mass is 19.3. The van der Waals surface area contributed by atoms with Crippen molar-refractivity contribution in [3.8, 4) is 23.3 Å². The van der Waals surface area contributed by atoms with Crippen molar-refractivity contribution in [1.29, 1.82) is 5.26 Å². The Morgan fingerprint density at radius 2 is 1.80 bits per heavy atom. The fourth-order valence-electron chi connectivity index (χ4n) is 4.02. The maximum absolute atomic E-state index is 14.2. The smallest absolute Gasteiger partial charge is 0.249 e. The van der Waals surface area contributed by atoms with Crippen molar-refractivity contribution in [1.82, 2.24) is 0 Å². The van der Waals surface area contributed by atoms with E-state index in [1.54, 1.807) is 12.1 Å². The average Bonchev–Trinajstić information content (AvgIpc) is 2.90. The van der Waals surface area contributed by atoms with Gasteiger partial charge in [-0.1, -0.05) is 12.1 Å². The number of phenols is 2. The second-order valence-corrected chi connectivity index (χ2v) is 6.69. The first kappa shape index (κ1) is 15.7. The molecular weight excluding hydrogens is 328 g/mol. The number of nitriles is 1. The van der Waals surface area contributed by atoms with E-state index < -0.39 is 23.9 Å². The van der Waals surface area contributed by atoms with Gasteiger partial charge in [-0.15, -0.1) is 0 Å². The number of hydrogen-bond acceptors (Lipinski definition) is 4. The van der Waals surface area contributed by atoms with Crippen LogP contribution in [0, 0.1) is 17.2 Å². The van der Waals surface area contributed by atoms with Gasteiger partial charge in [-0.3, -0.25) is 0 Å². The summed E-state index contributed by atoms with van der Waals surface area (Å²) >= 11 is 0. The molecule has 25 heavy (non-hydrogen) atoms. The highest BCUT2D eigenvalue weighted by molar-refractivity contribution is 5.56. The molecule has 128 valence electrons. The zero-order valence-corrected chi connectivity index (χ0v) is 13.1. The Hall–Kier alpha value is -2.81. The van der Waals surface area contributed by atoms with Crippen molar-refractivity contribution in [2.24, 2.45) is 5.92 Å². The number of hydrogen-bond donors (Lipinski definition) is 2. The summed E-state index contributed by atoms with van der Waals surface area (Å²) in [6.07, 6.45) is -1.29. The minimum absolute atomic E-state index is 0.0795. The Balaban J connectivity index is 1.86. The van der Waals surface area contributed by atoms with Crippen LogP contribution in [-0.2, 0) is 0 Å². The molecule has 2 aromatic carbocycles. The third-order valence-electron chi connectivity index (χ3n) is 5.05. The number of benzene rings is 2. The van der Waals surface area contributed by atoms with Crippen LogP contribution in [0.3, 0.4) is 0 Å². The Labute approximate surface area is 142 Å². The lowest BCUT2D eigenvalue weighted by Gasteiger charge is -2.36. The van der Waals surface area contributed by atoms with Gasteiger partial charge in [0.05, 0.1) is 5.56 Å². The Morgan fingerprint density at radius 3 is 2.48 bits per heavy atom. The average molecular weight is 343 g/mol. The number of ether oxygens (including phenoxy) is 1. The van der Waals surface area contributed by atoms with Crippen LogP contribution in [0.25, 0.3) is 0 Å². The molecule has 4 rings (SSSR count). The van der Waals surface area contributed by atoms with Gasteiger partial charge >= 0.3 is 0 Å². The van der Waals surface area contributed by atoms with E-state index in [2.05, 4.69) is 0 Å². The molecule has 1 aliphatic heterocycles. The third-order valence-corrected chi connectivity index (χ3v) is 5.05. The van der Waals surface area contributed by atoms with Gasteiger partial charge in [0.2, 0.25) is 5.92 Å². The summed E-state index contributed by atoms with van der Waals surface area (Å²) < 4.78 is 34.3. The first-order valence-corrected chi connectivity index (χ1v) is 7.98. The van der Waals surface area contributed by atoms with E-state index in [1.807, 2.05) is 6.07 Å². The van der Waals surface area contributed by atoms with Gasteiger partial charge in [-0.25, -0.2) is 8.78 Å². The molecule has 0 amide bonds. The molecule has 1 fully saturated rings. The van der Waals surface area contributed by atoms with E-state index in [0.717, 1.165) is 0 Å². The van der Waals surface area contributed by atoms with Crippen molar-refractivity contribution in [3.05, 3.63) is 53.1 Å². The maximum Gasteiger partial charge on any atom is 0.249 e. The van der Waals surface area contributed by atoms with E-state index in [9.17, 15) is 24.3 Å². The summed E-state index contributed by atoms with van der Waals surface area (Å²) in [4.78, 5) is 0. The highest BCUT2D eigenvalue weighted by Gasteiger charge is 2.53. The van der Waals surface area contributed by atoms with E-state index in [4.69, 9.17) is 4.74 Å². The molecule has 1 heterocycles. The van der Waals surface area contributed by atoms with Crippen molar-refractivity contribution in [2.45, 2.75) is 30.8 Å². The van der Waals surface area contributed by atoms with Crippen molar-refractivity contribution in [2.75, 3.05) is 0 Å². The lowest BCUT2D eigenvalue weighted by atomic mass is 9.79. The van der Waals surface area contributed by atoms with Gasteiger partial charge in [-0.05, 0) is 23.8 Å². The van der Waals surface area contributed by atoms with Gasteiger partial charge in [0.15, 0.2) is 0 Å². The fourth-order valence-corrected chi connectivity index (χ4v) is 4.02. The molecule has 0 aromatic heterocycles. The van der Waals surface area contributed by atoms with E-state index >= 15 is 0 Å². The molecule has 2 aromatic rings. The van der Waals surface area contributed by atoms with Crippen LogP contribution >= 0.6 is 0 Å². The second kappa shape index (κ2) is 5.35. The maximum atomic E-state index is 14.2. The zero-order valence-electron chi connectivity index (χ0n) is 13.1. The molecule has 0 radical (unpaired) electrons. The topological polar surface area (TPSA) is 73.5 Å². The van der Waals surface area contributed by atoms with Crippen LogP contribution in [0.2, 0.25) is 0 Å². The summed E-state index contributed by atoms with van der Waals surface area (Å²) in [5.41, 5.74) is 1.27. The largest absolute Gasteiger partial charge is 0.508 e. The SMILES string of the molecule is N#Cc1cc(O)cc2c1O[C@H](c1ccc(O)cc1)[C@@H]1CC(F)(F)C[C@H]21. The van der Waals surface area contributed by atoms with Crippen LogP contribution in [0.4, 0.5) is 8.78 Å². The van der Waals surface area contributed by atoms with Crippen LogP contribution in [0.5, 0.6) is 17.2 Å². The Morgan fingerprint density at radius 1 is 1.08 bits per heavy atom. The molecule has 1 saturated carbocycles. The Kier molecular flexibility index (Phi) is 3.36. The normalized spacial score (nSPS) is 26.2. The molecule has 3 atom stereocenters. The first-order chi connectivity index (χ1) is 11.9. The van der Waals surface area contributed by atoms with Crippen LogP contribution in [0.15, 0.2) is 36.4 Å². The van der Waals surface area contributed by atoms with E-state index in [0.29, 0.717) is 11.1 Å². The van der Waals surface area contributed by atoms with Crippen LogP contribution in [0.1, 0.15) is 41.6 Å². The standard InChI is InChI=1S/C19H15F2NO3/c20-19(21)7-15-14-6-13(24)5-11(9-22)18(14)25-17(16(15)8-19)10-1-3-12(23)4-2-10/h1-6,15-17,23-24H,7-8H2/t15-,16-,17-/m1/s1. The van der Waals surface area contributed by atoms with Gasteiger partial charge in [0.1, 0.15) is 29.4 Å². The molecule has 2 N–H and O–H groups in total. The zero-order chi connectivity index (χ0) is 17.8. The minimum Gasteiger partial charge on any atom is -0.508 e. The van der Waals surface area contributed by atoms with Gasteiger partial charge < -0.3 is 14.9 Å². The van der Waals surface area contributed by atoms with Gasteiger partial charge in [0, 0.05) is 36.3 Å². The minimum atomic E-state index is -2.83. The van der Waals surface area contributed by atoms with Crippen LogP contribution in [-0.4, -0.2) is 16.1 Å². The lowest BCUT2D eigenvalue weighted by molar-refractivity contribution is -0.00233. The molecule has 0 unspecified atom stereocenters. The van der Waals surface area contributed by atoms with E-state index in [1.165, 1.54) is 24.3 Å². The van der Waals surface area contributed by atoms with Crippen molar-refractivity contribution in [3.63, 3.8) is 0 Å². The molecule has 2 aliphatic rings. The number of rotatable bonds is 1. The predicted octanol–water partition coefficient (Wildman–Crippen LogP) is 4.23. The van der Waals surface area contributed by atoms with Crippen molar-refractivity contribution >= 4 is 0 Å². The molecule has 6 heteroatoms. The summed E-state index contributed by atoms with van der Waals surface area (Å²) in [7, 11) is 0. The summed E-state index contributed by atoms with van der Waals surface area (Å²) in [6.45, 7) is 0. The number of aromatic hydroxyl groups is 2. The quantitative estimate of drug-likeness (QED) is 0.812. The predicted molar refractivity (Wildman–Crippen MR) is 84.7 cm³/mol. The highest BCUT2D eigenvalue weighted by Crippen LogP contribution is 2.59. The first-order valence-electron chi connectivity index (χ1n) is 7.98. The number of fused-ring (bicyclic) bond motifs is 3. The number of phenolic OH excluding ortho intramolecular Hbond substituents is 2. The number of nitrogens with zero attached hydrogens (tertiary/aromatic N) is 1. The molecule has 0 bridgehead atoms. The fraction of sp³-hybridized carbons (Fsp3) is 0.316. The molecule has 1 aliphatic carbocycles. The summed E-state index contributed by atoms with van der Waals surface area (Å²) in [5.74, 6) is -3.59. The second-order valence-electron chi connectivity index (χ2n) is 6.69. The summed E-state index contributed by atoms with van der Waals surface area (Å²) in [5, 5.41) is 28.6. The number of alkyl halides is 2. The van der Waals surface area contributed by atoms with Crippen LogP contribution < -0.4 is 4.74 Å². The van der Waals surface area contributed by atoms with Crippen molar-refractivity contribution < 1.29 is 23.7 Å². The molecular formula is C19H15F2NO3. The van der Waals surface area contributed by atoms with E-state index in [-0.39, 0.29) is 35.7 Å². The summed E-state index contributed by atoms with van der Waals surface area (Å²) in [6, 6.07) is 10.9. The van der Waals surface area contributed by atoms with Gasteiger partial charge in [-0.2, -0.15) is 5.26 Å². The molecule has 0 spiro atoms. The molecule has 0 saturated heterocycles. The Bertz CT molecular complexity index is 873.